The van der Waals surface area contributed by atoms with Crippen LogP contribution in [0, 0.1) is 52.3 Å². The maximum Gasteiger partial charge on any atom is 0.125 e. The minimum absolute atomic E-state index is 0.201. The molecule has 0 amide bonds. The maximum absolute atomic E-state index is 15.6. The van der Waals surface area contributed by atoms with Crippen LogP contribution < -0.4 is 0 Å². The molecule has 0 bridgehead atoms. The number of hydrogen-bond donors (Lipinski definition) is 1. The van der Waals surface area contributed by atoms with Crippen molar-refractivity contribution in [2.75, 3.05) is 0 Å². The molecule has 4 aliphatic carbocycles. The molecule has 32 heavy (non-hydrogen) atoms. The fourth-order valence-corrected chi connectivity index (χ4v) is 8.54. The highest BCUT2D eigenvalue weighted by Gasteiger charge is 2.61. The van der Waals surface area contributed by atoms with Crippen molar-refractivity contribution in [2.45, 2.75) is 83.5 Å². The summed E-state index contributed by atoms with van der Waals surface area (Å²) >= 11 is 0. The van der Waals surface area contributed by atoms with E-state index in [0.29, 0.717) is 47.1 Å². The van der Waals surface area contributed by atoms with Crippen LogP contribution in [0.5, 0.6) is 0 Å². The van der Waals surface area contributed by atoms with Crippen LogP contribution in [0.3, 0.4) is 0 Å². The van der Waals surface area contributed by atoms with Gasteiger partial charge in [0.15, 0.2) is 0 Å². The molecule has 1 N–H and O–H groups in total. The van der Waals surface area contributed by atoms with Crippen LogP contribution in [-0.4, -0.2) is 32.6 Å². The number of hydrogen-bond acceptors (Lipinski definition) is 4. The van der Waals surface area contributed by atoms with E-state index in [1.165, 1.54) is 6.20 Å². The van der Waals surface area contributed by atoms with Gasteiger partial charge in [-0.3, -0.25) is 4.68 Å². The largest absolute Gasteiger partial charge is 0.390 e. The summed E-state index contributed by atoms with van der Waals surface area (Å²) in [7, 11) is 0. The molecule has 4 fully saturated rings. The van der Waals surface area contributed by atoms with Crippen molar-refractivity contribution in [1.82, 2.24) is 9.78 Å². The standard InChI is InChI=1S/C26H34FN3O2/c1-25(32)7-5-19-17(10-25)3-4-21-20(19)6-8-26(2)22(21)9-23(27)24(26)18(15-31)14-30-13-16(11-28)12-29-30/h12-13,17,19-24,32H,3-10,14H2,1-2H3/t17-,19+,20?,21?,22?,23+,24?,25-,26+/m1/s1. The van der Waals surface area contributed by atoms with Crippen molar-refractivity contribution in [3.05, 3.63) is 23.5 Å². The van der Waals surface area contributed by atoms with Crippen molar-refractivity contribution < 1.29 is 14.3 Å². The number of fused-ring (bicyclic) bond motifs is 5. The topological polar surface area (TPSA) is 78.9 Å². The van der Waals surface area contributed by atoms with Crippen molar-refractivity contribution in [3.63, 3.8) is 0 Å². The number of aromatic nitrogens is 2. The molecule has 172 valence electrons. The number of alkyl halides is 1. The minimum atomic E-state index is -1.03. The van der Waals surface area contributed by atoms with E-state index >= 15 is 4.39 Å². The molecule has 4 unspecified atom stereocenters. The second-order valence-electron chi connectivity index (χ2n) is 11.6. The van der Waals surface area contributed by atoms with Gasteiger partial charge < -0.3 is 5.11 Å². The molecule has 0 radical (unpaired) electrons. The van der Waals surface area contributed by atoms with Gasteiger partial charge >= 0.3 is 0 Å². The first-order valence-electron chi connectivity index (χ1n) is 12.3. The molecule has 1 aromatic heterocycles. The lowest BCUT2D eigenvalue weighted by molar-refractivity contribution is -0.0979. The zero-order valence-corrected chi connectivity index (χ0v) is 19.1. The lowest BCUT2D eigenvalue weighted by Crippen LogP contribution is -2.50. The van der Waals surface area contributed by atoms with E-state index in [4.69, 9.17) is 5.26 Å². The van der Waals surface area contributed by atoms with Crippen LogP contribution in [0.4, 0.5) is 4.39 Å². The Labute approximate surface area is 189 Å². The highest BCUT2D eigenvalue weighted by atomic mass is 19.1. The number of nitriles is 1. The predicted octanol–water partition coefficient (Wildman–Crippen LogP) is 4.48. The molecular formula is C26H34FN3O2. The van der Waals surface area contributed by atoms with Crippen LogP contribution >= 0.6 is 0 Å². The second kappa shape index (κ2) is 7.82. The quantitative estimate of drug-likeness (QED) is 0.704. The summed E-state index contributed by atoms with van der Waals surface area (Å²) in [6, 6.07) is 2.05. The number of halogens is 1. The summed E-state index contributed by atoms with van der Waals surface area (Å²) in [5, 5.41) is 23.8. The Kier molecular flexibility index (Phi) is 5.34. The van der Waals surface area contributed by atoms with E-state index < -0.39 is 17.7 Å². The summed E-state index contributed by atoms with van der Waals surface area (Å²) in [5.74, 6) is 4.36. The first-order chi connectivity index (χ1) is 15.3. The van der Waals surface area contributed by atoms with Gasteiger partial charge in [-0.1, -0.05) is 6.92 Å². The molecule has 6 heteroatoms. The Morgan fingerprint density at radius 3 is 2.75 bits per heavy atom. The minimum Gasteiger partial charge on any atom is -0.390 e. The van der Waals surface area contributed by atoms with E-state index in [2.05, 4.69) is 18.0 Å². The SMILES string of the molecule is C[C@@]1(O)CC[C@@H]2C3CC[C@@]4(C)C(C[C@H](F)C4C(=C=O)Cn4cc(C#N)cn4)C3CC[C@@H]2C1. The molecule has 1 aromatic rings. The average molecular weight is 440 g/mol. The van der Waals surface area contributed by atoms with Gasteiger partial charge in [0.25, 0.3) is 0 Å². The Hall–Kier alpha value is -1.96. The van der Waals surface area contributed by atoms with Crippen LogP contribution in [0.25, 0.3) is 0 Å². The summed E-state index contributed by atoms with van der Waals surface area (Å²) in [6.45, 7) is 4.39. The van der Waals surface area contributed by atoms with E-state index in [1.54, 1.807) is 10.9 Å². The smallest absolute Gasteiger partial charge is 0.125 e. The van der Waals surface area contributed by atoms with Crippen LogP contribution in [0.15, 0.2) is 18.0 Å². The van der Waals surface area contributed by atoms with E-state index in [1.807, 2.05) is 13.0 Å². The van der Waals surface area contributed by atoms with Crippen LogP contribution in [0.2, 0.25) is 0 Å². The number of aliphatic hydroxyl groups is 1. The van der Waals surface area contributed by atoms with Gasteiger partial charge in [-0.2, -0.15) is 10.4 Å². The predicted molar refractivity (Wildman–Crippen MR) is 118 cm³/mol. The summed E-state index contributed by atoms with van der Waals surface area (Å²) in [6.07, 6.45) is 9.74. The molecular weight excluding hydrogens is 405 g/mol. The van der Waals surface area contributed by atoms with E-state index in [9.17, 15) is 9.90 Å². The van der Waals surface area contributed by atoms with Crippen molar-refractivity contribution in [2.24, 2.45) is 40.9 Å². The third kappa shape index (κ3) is 3.45. The Morgan fingerprint density at radius 2 is 2.03 bits per heavy atom. The molecule has 4 aliphatic rings. The van der Waals surface area contributed by atoms with E-state index in [-0.39, 0.29) is 12.0 Å². The van der Waals surface area contributed by atoms with Gasteiger partial charge in [0, 0.05) is 17.7 Å². The van der Waals surface area contributed by atoms with Gasteiger partial charge in [-0.15, -0.1) is 0 Å². The zero-order chi connectivity index (χ0) is 22.7. The lowest BCUT2D eigenvalue weighted by Gasteiger charge is -2.56. The molecule has 0 aromatic carbocycles. The van der Waals surface area contributed by atoms with Crippen LogP contribution in [0.1, 0.15) is 70.8 Å². The summed E-state index contributed by atoms with van der Waals surface area (Å²) in [5.41, 5.74) is 0.134. The first kappa shape index (κ1) is 21.9. The molecule has 5 nitrogen and oxygen atoms in total. The normalized spacial score (nSPS) is 45.2. The third-order valence-corrected chi connectivity index (χ3v) is 9.83. The van der Waals surface area contributed by atoms with Crippen molar-refractivity contribution >= 4 is 5.94 Å². The average Bonchev–Trinajstić information content (AvgIpc) is 3.32. The van der Waals surface area contributed by atoms with Crippen molar-refractivity contribution in [3.8, 4) is 6.07 Å². The Morgan fingerprint density at radius 1 is 1.25 bits per heavy atom. The number of nitrogens with zero attached hydrogens (tertiary/aromatic N) is 3. The van der Waals surface area contributed by atoms with Gasteiger partial charge in [-0.05, 0) is 93.3 Å². The monoisotopic (exact) mass is 439 g/mol. The molecule has 0 saturated heterocycles. The van der Waals surface area contributed by atoms with Crippen LogP contribution in [-0.2, 0) is 11.3 Å². The molecule has 4 saturated carbocycles. The Bertz CT molecular complexity index is 974. The number of carbonyl (C=O) groups excluding carboxylic acids is 1. The Balaban J connectivity index is 1.38. The van der Waals surface area contributed by atoms with Crippen molar-refractivity contribution in [1.29, 1.82) is 5.26 Å². The number of rotatable bonds is 3. The first-order valence-corrected chi connectivity index (χ1v) is 12.3. The van der Waals surface area contributed by atoms with E-state index in [0.717, 1.165) is 44.9 Å². The van der Waals surface area contributed by atoms with Gasteiger partial charge in [0.2, 0.25) is 0 Å². The summed E-state index contributed by atoms with van der Waals surface area (Å²) in [4.78, 5) is 12.0. The second-order valence-corrected chi connectivity index (χ2v) is 11.6. The van der Waals surface area contributed by atoms with Gasteiger partial charge in [0.05, 0.1) is 23.9 Å². The molecule has 1 heterocycles. The molecule has 0 aliphatic heterocycles. The summed E-state index contributed by atoms with van der Waals surface area (Å²) < 4.78 is 17.2. The zero-order valence-electron chi connectivity index (χ0n) is 19.1. The van der Waals surface area contributed by atoms with Gasteiger partial charge in [-0.25, -0.2) is 9.18 Å². The molecule has 5 rings (SSSR count). The molecule has 0 spiro atoms. The maximum atomic E-state index is 15.6. The fourth-order valence-electron chi connectivity index (χ4n) is 8.54. The highest BCUT2D eigenvalue weighted by molar-refractivity contribution is 5.54. The number of allylic oxidation sites excluding steroid dienone is 1. The fraction of sp³-hybridized carbons (Fsp3) is 0.769. The highest BCUT2D eigenvalue weighted by Crippen LogP contribution is 2.66. The third-order valence-electron chi connectivity index (χ3n) is 9.83. The van der Waals surface area contributed by atoms with Gasteiger partial charge in [0.1, 0.15) is 18.2 Å². The lowest BCUT2D eigenvalue weighted by atomic mass is 9.49. The molecule has 9 atom stereocenters.